The number of halogens is 1. The molecule has 0 amide bonds. The van der Waals surface area contributed by atoms with Gasteiger partial charge in [-0.05, 0) is 55.3 Å². The Morgan fingerprint density at radius 2 is 1.65 bits per heavy atom. The average molecular weight is 370 g/mol. The van der Waals surface area contributed by atoms with E-state index in [1.807, 2.05) is 18.2 Å². The normalized spacial score (nSPS) is 11.8. The molecule has 0 unspecified atom stereocenters. The molecule has 0 radical (unpaired) electrons. The van der Waals surface area contributed by atoms with Gasteiger partial charge >= 0.3 is 0 Å². The molecule has 2 aromatic carbocycles. The van der Waals surface area contributed by atoms with Crippen molar-refractivity contribution in [2.45, 2.75) is 16.3 Å². The molecule has 0 saturated heterocycles. The smallest absolute Gasteiger partial charge is 0.179 e. The molecule has 2 rings (SSSR count). The van der Waals surface area contributed by atoms with Gasteiger partial charge in [-0.2, -0.15) is 0 Å². The number of hydrogen-bond acceptors (Lipinski definition) is 4. The Bertz CT molecular complexity index is 728. The zero-order valence-electron chi connectivity index (χ0n) is 13.2. The highest BCUT2D eigenvalue weighted by Gasteiger charge is 2.15. The van der Waals surface area contributed by atoms with E-state index in [0.29, 0.717) is 16.5 Å². The summed E-state index contributed by atoms with van der Waals surface area (Å²) in [6.07, 6.45) is 2.04. The van der Waals surface area contributed by atoms with Crippen LogP contribution in [0.2, 0.25) is 5.02 Å². The lowest BCUT2D eigenvalue weighted by molar-refractivity contribution is 0.346. The van der Waals surface area contributed by atoms with E-state index in [9.17, 15) is 8.42 Å². The quantitative estimate of drug-likeness (QED) is 0.692. The lowest BCUT2D eigenvalue weighted by Crippen LogP contribution is -2.25. The molecule has 6 heteroatoms. The van der Waals surface area contributed by atoms with E-state index < -0.39 is 9.84 Å². The van der Waals surface area contributed by atoms with Crippen LogP contribution in [0, 0.1) is 0 Å². The largest absolute Gasteiger partial charge is 0.301 e. The van der Waals surface area contributed by atoms with E-state index in [1.54, 1.807) is 36.0 Å². The number of thioether (sulfide) groups is 1. The second-order valence-electron chi connectivity index (χ2n) is 5.36. The molecule has 2 aromatic rings. The van der Waals surface area contributed by atoms with Crippen molar-refractivity contribution in [3.8, 4) is 0 Å². The first kappa shape index (κ1) is 18.3. The molecule has 23 heavy (non-hydrogen) atoms. The van der Waals surface area contributed by atoms with Crippen molar-refractivity contribution in [3.05, 3.63) is 59.1 Å². The van der Waals surface area contributed by atoms with E-state index in [-0.39, 0.29) is 5.75 Å². The number of sulfone groups is 1. The first-order valence-electron chi connectivity index (χ1n) is 7.20. The Kier molecular flexibility index (Phi) is 6.53. The Morgan fingerprint density at radius 1 is 1.04 bits per heavy atom. The van der Waals surface area contributed by atoms with Crippen molar-refractivity contribution in [2.75, 3.05) is 25.6 Å². The van der Waals surface area contributed by atoms with Gasteiger partial charge in [0, 0.05) is 23.0 Å². The number of nitrogens with zero attached hydrogens (tertiary/aromatic N) is 1. The summed E-state index contributed by atoms with van der Waals surface area (Å²) in [6, 6.07) is 14.6. The van der Waals surface area contributed by atoms with Crippen molar-refractivity contribution in [2.24, 2.45) is 0 Å². The van der Waals surface area contributed by atoms with Gasteiger partial charge in [-0.1, -0.05) is 23.7 Å². The summed E-state index contributed by atoms with van der Waals surface area (Å²) in [5.41, 5.74) is 1.18. The highest BCUT2D eigenvalue weighted by Crippen LogP contribution is 2.17. The predicted molar refractivity (Wildman–Crippen MR) is 98.1 cm³/mol. The summed E-state index contributed by atoms with van der Waals surface area (Å²) in [4.78, 5) is 3.56. The van der Waals surface area contributed by atoms with E-state index in [1.165, 1.54) is 10.5 Å². The molecule has 0 bridgehead atoms. The maximum atomic E-state index is 12.3. The van der Waals surface area contributed by atoms with Gasteiger partial charge in [-0.3, -0.25) is 0 Å². The topological polar surface area (TPSA) is 37.4 Å². The molecule has 0 fully saturated rings. The number of hydrogen-bond donors (Lipinski definition) is 0. The van der Waals surface area contributed by atoms with Crippen LogP contribution in [-0.4, -0.2) is 38.9 Å². The molecule has 0 spiro atoms. The third-order valence-electron chi connectivity index (χ3n) is 3.53. The van der Waals surface area contributed by atoms with E-state index in [4.69, 9.17) is 11.6 Å². The summed E-state index contributed by atoms with van der Waals surface area (Å²) in [7, 11) is -1.35. The maximum Gasteiger partial charge on any atom is 0.179 e. The summed E-state index contributed by atoms with van der Waals surface area (Å²) in [5.74, 6) is 0.0913. The van der Waals surface area contributed by atoms with Crippen LogP contribution >= 0.6 is 23.4 Å². The third kappa shape index (κ3) is 5.53. The fourth-order valence-corrected chi connectivity index (χ4v) is 4.03. The van der Waals surface area contributed by atoms with Gasteiger partial charge in [0.15, 0.2) is 9.84 Å². The van der Waals surface area contributed by atoms with Gasteiger partial charge < -0.3 is 4.90 Å². The molecule has 0 aliphatic rings. The summed E-state index contributed by atoms with van der Waals surface area (Å²) >= 11 is 7.50. The SMILES string of the molecule is CSc1ccc(CN(C)CCS(=O)(=O)c2ccc(Cl)cc2)cc1. The van der Waals surface area contributed by atoms with Crippen LogP contribution in [0.3, 0.4) is 0 Å². The zero-order valence-corrected chi connectivity index (χ0v) is 15.6. The van der Waals surface area contributed by atoms with Gasteiger partial charge in [0.05, 0.1) is 10.6 Å². The van der Waals surface area contributed by atoms with Crippen LogP contribution < -0.4 is 0 Å². The second-order valence-corrected chi connectivity index (χ2v) is 8.78. The predicted octanol–water partition coefficient (Wildman–Crippen LogP) is 3.97. The molecular formula is C17H20ClNO2S2. The zero-order chi connectivity index (χ0) is 16.9. The standard InChI is InChI=1S/C17H20ClNO2S2/c1-19(13-14-3-7-16(22-2)8-4-14)11-12-23(20,21)17-9-5-15(18)6-10-17/h3-10H,11-13H2,1-2H3. The Balaban J connectivity index is 1.92. The Hall–Kier alpha value is -1.01. The minimum absolute atomic E-state index is 0.0913. The molecule has 0 aliphatic carbocycles. The van der Waals surface area contributed by atoms with Crippen molar-refractivity contribution >= 4 is 33.2 Å². The van der Waals surface area contributed by atoms with E-state index >= 15 is 0 Å². The minimum atomic E-state index is -3.28. The van der Waals surface area contributed by atoms with E-state index in [2.05, 4.69) is 24.3 Å². The molecule has 124 valence electrons. The Morgan fingerprint density at radius 3 is 2.22 bits per heavy atom. The number of rotatable bonds is 7. The third-order valence-corrected chi connectivity index (χ3v) is 6.23. The fraction of sp³-hybridized carbons (Fsp3) is 0.294. The molecule has 0 saturated carbocycles. The second kappa shape index (κ2) is 8.20. The van der Waals surface area contributed by atoms with Crippen LogP contribution in [0.25, 0.3) is 0 Å². The van der Waals surface area contributed by atoms with Crippen LogP contribution in [0.15, 0.2) is 58.3 Å². The first-order valence-corrected chi connectivity index (χ1v) is 10.5. The number of benzene rings is 2. The molecule has 0 heterocycles. The van der Waals surface area contributed by atoms with Gasteiger partial charge in [-0.15, -0.1) is 11.8 Å². The lowest BCUT2D eigenvalue weighted by atomic mass is 10.2. The van der Waals surface area contributed by atoms with Crippen molar-refractivity contribution in [3.63, 3.8) is 0 Å². The molecule has 0 aliphatic heterocycles. The van der Waals surface area contributed by atoms with Crippen molar-refractivity contribution in [1.82, 2.24) is 4.90 Å². The molecule has 0 atom stereocenters. The van der Waals surface area contributed by atoms with Crippen molar-refractivity contribution < 1.29 is 8.42 Å². The maximum absolute atomic E-state index is 12.3. The summed E-state index contributed by atoms with van der Waals surface area (Å²) in [5, 5.41) is 0.537. The van der Waals surface area contributed by atoms with Gasteiger partial charge in [0.25, 0.3) is 0 Å². The van der Waals surface area contributed by atoms with Crippen LogP contribution in [0.1, 0.15) is 5.56 Å². The fourth-order valence-electron chi connectivity index (χ4n) is 2.16. The van der Waals surface area contributed by atoms with Gasteiger partial charge in [0.2, 0.25) is 0 Å². The van der Waals surface area contributed by atoms with Crippen LogP contribution in [-0.2, 0) is 16.4 Å². The minimum Gasteiger partial charge on any atom is -0.301 e. The molecule has 0 N–H and O–H groups in total. The van der Waals surface area contributed by atoms with Gasteiger partial charge in [-0.25, -0.2) is 8.42 Å². The molecular weight excluding hydrogens is 350 g/mol. The highest BCUT2D eigenvalue weighted by atomic mass is 35.5. The summed E-state index contributed by atoms with van der Waals surface area (Å²) < 4.78 is 24.6. The van der Waals surface area contributed by atoms with Crippen molar-refractivity contribution in [1.29, 1.82) is 0 Å². The monoisotopic (exact) mass is 369 g/mol. The van der Waals surface area contributed by atoms with Crippen LogP contribution in [0.5, 0.6) is 0 Å². The van der Waals surface area contributed by atoms with E-state index in [0.717, 1.165) is 6.54 Å². The molecule has 3 nitrogen and oxygen atoms in total. The van der Waals surface area contributed by atoms with Crippen LogP contribution in [0.4, 0.5) is 0 Å². The highest BCUT2D eigenvalue weighted by molar-refractivity contribution is 7.98. The summed E-state index contributed by atoms with van der Waals surface area (Å²) in [6.45, 7) is 1.21. The average Bonchev–Trinajstić information content (AvgIpc) is 2.54. The lowest BCUT2D eigenvalue weighted by Gasteiger charge is -2.17. The van der Waals surface area contributed by atoms with Gasteiger partial charge in [0.1, 0.15) is 0 Å². The Labute approximate surface area is 147 Å². The molecule has 0 aromatic heterocycles. The first-order chi connectivity index (χ1) is 10.9.